The van der Waals surface area contributed by atoms with Gasteiger partial charge in [0, 0.05) is 25.0 Å². The number of amides is 1. The highest BCUT2D eigenvalue weighted by Crippen LogP contribution is 2.32. The van der Waals surface area contributed by atoms with Crippen LogP contribution in [-0.4, -0.2) is 26.2 Å². The van der Waals surface area contributed by atoms with Gasteiger partial charge in [0.15, 0.2) is 11.0 Å². The Kier molecular flexibility index (Phi) is 6.07. The molecule has 0 fully saturated rings. The minimum atomic E-state index is -4.57. The third kappa shape index (κ3) is 5.20. The zero-order chi connectivity index (χ0) is 18.6. The molecule has 0 aliphatic carbocycles. The number of nitrogens with zero attached hydrogens (tertiary/aromatic N) is 3. The molecule has 1 N–H and O–H groups in total. The topological polar surface area (TPSA) is 76.9 Å². The summed E-state index contributed by atoms with van der Waals surface area (Å²) >= 11 is 6.74. The van der Waals surface area contributed by atoms with E-state index in [-0.39, 0.29) is 16.6 Å². The monoisotopic (exact) mass is 392 g/mol. The highest BCUT2D eigenvalue weighted by molar-refractivity contribution is 7.99. The zero-order valence-corrected chi connectivity index (χ0v) is 14.4. The molecule has 2 heterocycles. The van der Waals surface area contributed by atoms with E-state index >= 15 is 0 Å². The van der Waals surface area contributed by atoms with E-state index in [0.29, 0.717) is 24.0 Å². The smallest absolute Gasteiger partial charge is 0.328 e. The van der Waals surface area contributed by atoms with Crippen LogP contribution in [0, 0.1) is 0 Å². The lowest BCUT2D eigenvalue weighted by molar-refractivity contribution is -0.137. The second-order valence-corrected chi connectivity index (χ2v) is 6.07. The van der Waals surface area contributed by atoms with Gasteiger partial charge in [-0.05, 0) is 13.0 Å². The lowest BCUT2D eigenvalue weighted by Crippen LogP contribution is -2.18. The molecule has 0 aliphatic heterocycles. The van der Waals surface area contributed by atoms with Crippen molar-refractivity contribution in [3.05, 3.63) is 45.5 Å². The van der Waals surface area contributed by atoms with Crippen LogP contribution < -0.4 is 10.9 Å². The number of aromatic nitrogens is 3. The molecule has 0 spiro atoms. The largest absolute Gasteiger partial charge is 0.417 e. The second kappa shape index (κ2) is 7.87. The Morgan fingerprint density at radius 3 is 2.76 bits per heavy atom. The molecular weight excluding hydrogens is 381 g/mol. The van der Waals surface area contributed by atoms with Gasteiger partial charge >= 0.3 is 6.18 Å². The van der Waals surface area contributed by atoms with Crippen LogP contribution in [0.25, 0.3) is 0 Å². The zero-order valence-electron chi connectivity index (χ0n) is 12.8. The van der Waals surface area contributed by atoms with Crippen molar-refractivity contribution in [3.63, 3.8) is 0 Å². The molecule has 2 aromatic heterocycles. The molecule has 0 saturated carbocycles. The van der Waals surface area contributed by atoms with Crippen LogP contribution in [0.15, 0.2) is 34.5 Å². The Labute approximate surface area is 149 Å². The second-order valence-electron chi connectivity index (χ2n) is 4.72. The van der Waals surface area contributed by atoms with E-state index in [4.69, 9.17) is 11.6 Å². The van der Waals surface area contributed by atoms with E-state index in [2.05, 4.69) is 15.3 Å². The number of alkyl halides is 3. The van der Waals surface area contributed by atoms with E-state index < -0.39 is 23.2 Å². The third-order valence-corrected chi connectivity index (χ3v) is 4.23. The highest BCUT2D eigenvalue weighted by Gasteiger charge is 2.31. The van der Waals surface area contributed by atoms with Crippen molar-refractivity contribution < 1.29 is 18.0 Å². The summed E-state index contributed by atoms with van der Waals surface area (Å²) in [5, 5.41) is 2.36. The molecule has 0 atom stereocenters. The Morgan fingerprint density at radius 1 is 1.44 bits per heavy atom. The molecule has 2 aromatic rings. The van der Waals surface area contributed by atoms with E-state index in [1.165, 1.54) is 6.07 Å². The van der Waals surface area contributed by atoms with E-state index in [1.807, 2.05) is 6.92 Å². The van der Waals surface area contributed by atoms with Gasteiger partial charge in [-0.1, -0.05) is 23.4 Å². The van der Waals surface area contributed by atoms with Gasteiger partial charge in [0.1, 0.15) is 0 Å². The lowest BCUT2D eigenvalue weighted by Gasteiger charge is -2.11. The van der Waals surface area contributed by atoms with E-state index in [0.717, 1.165) is 11.8 Å². The molecule has 1 amide bonds. The SMILES string of the molecule is CCn1ccc(=O)nc1SCC(=O)Nc1ncc(C(F)(F)F)cc1Cl. The number of halogens is 4. The summed E-state index contributed by atoms with van der Waals surface area (Å²) in [6, 6.07) is 1.99. The fourth-order valence-corrected chi connectivity index (χ4v) is 2.81. The average molecular weight is 393 g/mol. The number of hydrogen-bond acceptors (Lipinski definition) is 5. The van der Waals surface area contributed by atoms with E-state index in [1.54, 1.807) is 10.8 Å². The lowest BCUT2D eigenvalue weighted by atomic mass is 10.3. The van der Waals surface area contributed by atoms with Crippen LogP contribution >= 0.6 is 23.4 Å². The van der Waals surface area contributed by atoms with Crippen molar-refractivity contribution in [3.8, 4) is 0 Å². The van der Waals surface area contributed by atoms with Crippen LogP contribution in [-0.2, 0) is 17.5 Å². The molecule has 0 bridgehead atoms. The maximum atomic E-state index is 12.6. The van der Waals surface area contributed by atoms with Crippen LogP contribution in [0.4, 0.5) is 19.0 Å². The maximum absolute atomic E-state index is 12.6. The summed E-state index contributed by atoms with van der Waals surface area (Å²) in [7, 11) is 0. The summed E-state index contributed by atoms with van der Waals surface area (Å²) in [6.45, 7) is 2.41. The van der Waals surface area contributed by atoms with Gasteiger partial charge in [-0.2, -0.15) is 18.2 Å². The van der Waals surface area contributed by atoms with Crippen LogP contribution in [0.2, 0.25) is 5.02 Å². The van der Waals surface area contributed by atoms with Gasteiger partial charge in [0.05, 0.1) is 16.3 Å². The summed E-state index contributed by atoms with van der Waals surface area (Å²) < 4.78 is 39.3. The molecule has 25 heavy (non-hydrogen) atoms. The van der Waals surface area contributed by atoms with Crippen molar-refractivity contribution in [2.24, 2.45) is 0 Å². The van der Waals surface area contributed by atoms with Gasteiger partial charge in [-0.3, -0.25) is 9.59 Å². The number of carbonyl (C=O) groups is 1. The number of aryl methyl sites for hydroxylation is 1. The van der Waals surface area contributed by atoms with Gasteiger partial charge in [0.25, 0.3) is 5.56 Å². The minimum Gasteiger partial charge on any atom is -0.328 e. The van der Waals surface area contributed by atoms with Crippen molar-refractivity contribution in [2.45, 2.75) is 24.8 Å². The van der Waals surface area contributed by atoms with E-state index in [9.17, 15) is 22.8 Å². The highest BCUT2D eigenvalue weighted by atomic mass is 35.5. The minimum absolute atomic E-state index is 0.116. The molecule has 0 aliphatic rings. The van der Waals surface area contributed by atoms with Crippen molar-refractivity contribution in [2.75, 3.05) is 11.1 Å². The fraction of sp³-hybridized carbons (Fsp3) is 0.286. The number of pyridine rings is 1. The Morgan fingerprint density at radius 2 is 2.16 bits per heavy atom. The molecule has 2 rings (SSSR count). The van der Waals surface area contributed by atoms with Gasteiger partial charge < -0.3 is 9.88 Å². The molecule has 0 aromatic carbocycles. The van der Waals surface area contributed by atoms with Gasteiger partial charge in [0.2, 0.25) is 5.91 Å². The van der Waals surface area contributed by atoms with Crippen molar-refractivity contribution >= 4 is 35.1 Å². The quantitative estimate of drug-likeness (QED) is 0.625. The summed E-state index contributed by atoms with van der Waals surface area (Å²) in [6.07, 6.45) is -2.43. The predicted molar refractivity (Wildman–Crippen MR) is 87.8 cm³/mol. The Bertz CT molecular complexity index is 842. The van der Waals surface area contributed by atoms with Crippen LogP contribution in [0.5, 0.6) is 0 Å². The number of rotatable bonds is 5. The fourth-order valence-electron chi connectivity index (χ4n) is 1.75. The molecule has 0 radical (unpaired) electrons. The number of hydrogen-bond donors (Lipinski definition) is 1. The molecular formula is C14H12ClF3N4O2S. The standard InChI is InChI=1S/C14H12ClF3N4O2S/c1-2-22-4-3-10(23)21-13(22)25-7-11(24)20-12-9(15)5-8(6-19-12)14(16,17)18/h3-6H,2,7H2,1H3,(H,19,20,24). The summed E-state index contributed by atoms with van der Waals surface area (Å²) in [5.74, 6) is -0.829. The first-order valence-corrected chi connectivity index (χ1v) is 8.30. The predicted octanol–water partition coefficient (Wildman–Crippen LogP) is 3.06. The average Bonchev–Trinajstić information content (AvgIpc) is 2.54. The molecule has 0 saturated heterocycles. The first kappa shape index (κ1) is 19.3. The van der Waals surface area contributed by atoms with Crippen LogP contribution in [0.3, 0.4) is 0 Å². The molecule has 11 heteroatoms. The van der Waals surface area contributed by atoms with Gasteiger partial charge in [-0.15, -0.1) is 0 Å². The Balaban J connectivity index is 2.04. The first-order chi connectivity index (χ1) is 11.7. The summed E-state index contributed by atoms with van der Waals surface area (Å²) in [4.78, 5) is 30.6. The summed E-state index contributed by atoms with van der Waals surface area (Å²) in [5.41, 5.74) is -1.44. The van der Waals surface area contributed by atoms with Crippen LogP contribution in [0.1, 0.15) is 12.5 Å². The van der Waals surface area contributed by atoms with Gasteiger partial charge in [-0.25, -0.2) is 4.98 Å². The van der Waals surface area contributed by atoms with Crippen molar-refractivity contribution in [1.29, 1.82) is 0 Å². The van der Waals surface area contributed by atoms with Crippen molar-refractivity contribution in [1.82, 2.24) is 14.5 Å². The third-order valence-electron chi connectivity index (χ3n) is 2.95. The molecule has 6 nitrogen and oxygen atoms in total. The molecule has 134 valence electrons. The number of nitrogens with one attached hydrogen (secondary N) is 1. The number of carbonyl (C=O) groups excluding carboxylic acids is 1. The molecule has 0 unspecified atom stereocenters. The maximum Gasteiger partial charge on any atom is 0.417 e. The first-order valence-electron chi connectivity index (χ1n) is 6.93. The number of thioether (sulfide) groups is 1. The number of anilines is 1. The normalized spacial score (nSPS) is 11.4. The Hall–Kier alpha value is -2.07.